The molecule has 15 heavy (non-hydrogen) atoms. The highest BCUT2D eigenvalue weighted by molar-refractivity contribution is 7.23. The number of aliphatic hydroxyl groups excluding tert-OH is 1. The first kappa shape index (κ1) is 15.1. The Bertz CT molecular complexity index is 140. The van der Waals surface area contributed by atoms with Crippen LogP contribution in [0.15, 0.2) is 0 Å². The fourth-order valence-electron chi connectivity index (χ4n) is 1.71. The van der Waals surface area contributed by atoms with Crippen LogP contribution in [0.5, 0.6) is 0 Å². The van der Waals surface area contributed by atoms with Gasteiger partial charge in [0.1, 0.15) is 0 Å². The SMILES string of the molecule is CCCCCCCCCCC(O)C[PH+]=O. The number of aliphatic hydroxyl groups is 1. The van der Waals surface area contributed by atoms with Crippen LogP contribution in [-0.4, -0.2) is 17.4 Å². The van der Waals surface area contributed by atoms with Crippen molar-refractivity contribution in [1.82, 2.24) is 0 Å². The van der Waals surface area contributed by atoms with Crippen LogP contribution in [0.1, 0.15) is 64.7 Å². The van der Waals surface area contributed by atoms with E-state index in [1.807, 2.05) is 0 Å². The topological polar surface area (TPSA) is 37.3 Å². The van der Waals surface area contributed by atoms with Gasteiger partial charge < -0.3 is 5.11 Å². The third-order valence-corrected chi connectivity index (χ3v) is 3.35. The number of unbranched alkanes of at least 4 members (excludes halogenated alkanes) is 7. The third kappa shape index (κ3) is 12.0. The fourth-order valence-corrected chi connectivity index (χ4v) is 2.11. The van der Waals surface area contributed by atoms with Gasteiger partial charge in [-0.25, -0.2) is 0 Å². The van der Waals surface area contributed by atoms with Crippen molar-refractivity contribution >= 4 is 8.46 Å². The van der Waals surface area contributed by atoms with Crippen LogP contribution in [0.25, 0.3) is 0 Å². The summed E-state index contributed by atoms with van der Waals surface area (Å²) in [4.78, 5) is 0. The molecule has 3 heteroatoms. The highest BCUT2D eigenvalue weighted by Gasteiger charge is 2.06. The first-order valence-corrected chi connectivity index (χ1v) is 7.45. The van der Waals surface area contributed by atoms with Gasteiger partial charge in [-0.15, -0.1) is 0 Å². The smallest absolute Gasteiger partial charge is 0.327 e. The Labute approximate surface area is 95.7 Å². The lowest BCUT2D eigenvalue weighted by Crippen LogP contribution is -2.07. The quantitative estimate of drug-likeness (QED) is 0.434. The van der Waals surface area contributed by atoms with Gasteiger partial charge in [-0.2, -0.15) is 0 Å². The zero-order valence-corrected chi connectivity index (χ0v) is 11.0. The van der Waals surface area contributed by atoms with Gasteiger partial charge >= 0.3 is 8.46 Å². The zero-order chi connectivity index (χ0) is 11.4. The van der Waals surface area contributed by atoms with Gasteiger partial charge in [-0.05, 0) is 6.42 Å². The van der Waals surface area contributed by atoms with Crippen molar-refractivity contribution in [2.75, 3.05) is 6.16 Å². The lowest BCUT2D eigenvalue weighted by atomic mass is 10.1. The van der Waals surface area contributed by atoms with Crippen LogP contribution < -0.4 is 0 Å². The van der Waals surface area contributed by atoms with Crippen LogP contribution in [0, 0.1) is 0 Å². The van der Waals surface area contributed by atoms with Gasteiger partial charge in [0.05, 0.1) is 6.10 Å². The summed E-state index contributed by atoms with van der Waals surface area (Å²) in [5, 5.41) is 9.33. The molecule has 0 fully saturated rings. The summed E-state index contributed by atoms with van der Waals surface area (Å²) in [7, 11) is -0.350. The van der Waals surface area contributed by atoms with Crippen LogP contribution in [-0.2, 0) is 4.57 Å². The van der Waals surface area contributed by atoms with Gasteiger partial charge in [-0.1, -0.05) is 62.9 Å². The molecule has 0 saturated heterocycles. The summed E-state index contributed by atoms with van der Waals surface area (Å²) in [6.45, 7) is 2.23. The maximum absolute atomic E-state index is 10.2. The minimum absolute atomic E-state index is 0.332. The van der Waals surface area contributed by atoms with Gasteiger partial charge in [0.15, 0.2) is 6.16 Å². The van der Waals surface area contributed by atoms with Crippen LogP contribution in [0.2, 0.25) is 0 Å². The normalized spacial score (nSPS) is 13.2. The molecule has 1 N–H and O–H groups in total. The van der Waals surface area contributed by atoms with E-state index in [-0.39, 0.29) is 14.6 Å². The standard InChI is InChI=1S/C12H25O2P/c1-2-3-4-5-6-7-8-9-10-12(13)11-15-14/h12-13H,2-11H2,1H3/p+1. The molecule has 0 saturated carbocycles. The lowest BCUT2D eigenvalue weighted by Gasteiger charge is -2.03. The highest BCUT2D eigenvalue weighted by Crippen LogP contribution is 2.11. The number of hydrogen-bond acceptors (Lipinski definition) is 2. The first-order valence-electron chi connectivity index (χ1n) is 6.34. The van der Waals surface area contributed by atoms with E-state index in [0.717, 1.165) is 12.8 Å². The number of hydrogen-bond donors (Lipinski definition) is 1. The van der Waals surface area contributed by atoms with Crippen LogP contribution >= 0.6 is 8.46 Å². The second-order valence-corrected chi connectivity index (χ2v) is 4.96. The molecule has 2 nitrogen and oxygen atoms in total. The van der Waals surface area contributed by atoms with Crippen LogP contribution in [0.3, 0.4) is 0 Å². The maximum atomic E-state index is 10.2. The Balaban J connectivity index is 3.01. The summed E-state index contributed by atoms with van der Waals surface area (Å²) in [5.41, 5.74) is 0. The minimum atomic E-state index is -0.350. The highest BCUT2D eigenvalue weighted by atomic mass is 31.1. The summed E-state index contributed by atoms with van der Waals surface area (Å²) in [5.74, 6) is 0. The molecule has 0 aromatic rings. The molecule has 0 radical (unpaired) electrons. The predicted octanol–water partition coefficient (Wildman–Crippen LogP) is 3.90. The number of rotatable bonds is 11. The average Bonchev–Trinajstić information content (AvgIpc) is 2.22. The molecule has 0 aliphatic carbocycles. The third-order valence-electron chi connectivity index (χ3n) is 2.71. The molecule has 0 heterocycles. The second-order valence-electron chi connectivity index (χ2n) is 4.27. The largest absolute Gasteiger partial charge is 0.389 e. The molecule has 0 aliphatic rings. The zero-order valence-electron chi connectivity index (χ0n) is 10.0. The molecule has 2 unspecified atom stereocenters. The molecule has 0 bridgehead atoms. The Morgan fingerprint density at radius 1 is 1.00 bits per heavy atom. The van der Waals surface area contributed by atoms with E-state index >= 15 is 0 Å². The molecule has 0 aromatic carbocycles. The Morgan fingerprint density at radius 3 is 2.07 bits per heavy atom. The van der Waals surface area contributed by atoms with Crippen LogP contribution in [0.4, 0.5) is 0 Å². The molecule has 0 aromatic heterocycles. The minimum Gasteiger partial charge on any atom is -0.389 e. The van der Waals surface area contributed by atoms with Crippen molar-refractivity contribution in [2.24, 2.45) is 0 Å². The molecule has 0 spiro atoms. The van der Waals surface area contributed by atoms with Gasteiger partial charge in [-0.3, -0.25) is 0 Å². The van der Waals surface area contributed by atoms with E-state index in [0.29, 0.717) is 6.16 Å². The summed E-state index contributed by atoms with van der Waals surface area (Å²) in [6, 6.07) is 0. The molecule has 0 rings (SSSR count). The molecular formula is C12H26O2P+. The molecule has 0 amide bonds. The molecular weight excluding hydrogens is 207 g/mol. The van der Waals surface area contributed by atoms with Crippen molar-refractivity contribution < 1.29 is 9.67 Å². The van der Waals surface area contributed by atoms with E-state index in [2.05, 4.69) is 6.92 Å². The van der Waals surface area contributed by atoms with Crippen molar-refractivity contribution in [3.63, 3.8) is 0 Å². The van der Waals surface area contributed by atoms with E-state index < -0.39 is 0 Å². The van der Waals surface area contributed by atoms with E-state index in [9.17, 15) is 9.67 Å². The Hall–Kier alpha value is 0.0600. The van der Waals surface area contributed by atoms with Gasteiger partial charge in [0.25, 0.3) is 0 Å². The van der Waals surface area contributed by atoms with E-state index in [1.165, 1.54) is 44.9 Å². The Morgan fingerprint density at radius 2 is 1.53 bits per heavy atom. The van der Waals surface area contributed by atoms with Gasteiger partial charge in [0, 0.05) is 0 Å². The molecule has 90 valence electrons. The van der Waals surface area contributed by atoms with E-state index in [1.54, 1.807) is 0 Å². The van der Waals surface area contributed by atoms with Crippen molar-refractivity contribution in [2.45, 2.75) is 70.8 Å². The predicted molar refractivity (Wildman–Crippen MR) is 67.1 cm³/mol. The lowest BCUT2D eigenvalue weighted by molar-refractivity contribution is 0.183. The van der Waals surface area contributed by atoms with Crippen molar-refractivity contribution in [3.05, 3.63) is 0 Å². The summed E-state index contributed by atoms with van der Waals surface area (Å²) < 4.78 is 10.2. The van der Waals surface area contributed by atoms with E-state index in [4.69, 9.17) is 0 Å². The first-order chi connectivity index (χ1) is 7.31. The summed E-state index contributed by atoms with van der Waals surface area (Å²) in [6.07, 6.45) is 11.3. The maximum Gasteiger partial charge on any atom is 0.327 e. The van der Waals surface area contributed by atoms with Crippen molar-refractivity contribution in [1.29, 1.82) is 0 Å². The second kappa shape index (κ2) is 12.1. The van der Waals surface area contributed by atoms with Crippen molar-refractivity contribution in [3.8, 4) is 0 Å². The monoisotopic (exact) mass is 233 g/mol. The summed E-state index contributed by atoms with van der Waals surface area (Å²) >= 11 is 0. The molecule has 2 atom stereocenters. The average molecular weight is 233 g/mol. The fraction of sp³-hybridized carbons (Fsp3) is 1.00. The molecule has 0 aliphatic heterocycles. The van der Waals surface area contributed by atoms with Gasteiger partial charge in [0.2, 0.25) is 0 Å². The Kier molecular flexibility index (Phi) is 12.2.